The minimum absolute atomic E-state index is 0.0771. The van der Waals surface area contributed by atoms with Gasteiger partial charge in [-0.2, -0.15) is 11.8 Å². The van der Waals surface area contributed by atoms with Crippen LogP contribution in [0.1, 0.15) is 33.1 Å². The third kappa shape index (κ3) is 2.88. The molecule has 1 rings (SSSR count). The molecule has 4 heteroatoms. The molecule has 1 aliphatic carbocycles. The van der Waals surface area contributed by atoms with E-state index in [1.54, 1.807) is 0 Å². The molecule has 0 aromatic carbocycles. The predicted molar refractivity (Wildman–Crippen MR) is 64.2 cm³/mol. The summed E-state index contributed by atoms with van der Waals surface area (Å²) in [7, 11) is 1.86. The summed E-state index contributed by atoms with van der Waals surface area (Å²) in [6.07, 6.45) is 2.92. The molecule has 0 radical (unpaired) electrons. The molecule has 1 N–H and O–H groups in total. The number of hydrogen-bond donors (Lipinski definition) is 1. The van der Waals surface area contributed by atoms with Crippen molar-refractivity contribution in [1.82, 2.24) is 5.32 Å². The van der Waals surface area contributed by atoms with Crippen molar-refractivity contribution in [2.75, 3.05) is 19.4 Å². The molecule has 0 bridgehead atoms. The van der Waals surface area contributed by atoms with Crippen molar-refractivity contribution in [3.8, 4) is 0 Å². The average Bonchev–Trinajstić information content (AvgIpc) is 2.64. The number of ether oxygens (including phenoxy) is 1. The molecular formula is C11H21NO2S. The summed E-state index contributed by atoms with van der Waals surface area (Å²) >= 11 is 1.94. The second-order valence-electron chi connectivity index (χ2n) is 3.87. The first-order valence-corrected chi connectivity index (χ1v) is 6.71. The van der Waals surface area contributed by atoms with Gasteiger partial charge >= 0.3 is 5.97 Å². The molecule has 88 valence electrons. The van der Waals surface area contributed by atoms with Gasteiger partial charge in [-0.1, -0.05) is 6.92 Å². The lowest BCUT2D eigenvalue weighted by Gasteiger charge is -2.26. The first-order valence-electron chi connectivity index (χ1n) is 5.66. The molecule has 1 fully saturated rings. The first-order chi connectivity index (χ1) is 7.18. The second-order valence-corrected chi connectivity index (χ2v) is 5.45. The monoisotopic (exact) mass is 231 g/mol. The lowest BCUT2D eigenvalue weighted by molar-refractivity contribution is -0.150. The van der Waals surface area contributed by atoms with Crippen LogP contribution in [0.25, 0.3) is 0 Å². The largest absolute Gasteiger partial charge is 0.465 e. The Morgan fingerprint density at radius 1 is 1.60 bits per heavy atom. The number of nitrogens with one attached hydrogen (secondary N) is 1. The van der Waals surface area contributed by atoms with E-state index in [-0.39, 0.29) is 5.97 Å². The summed E-state index contributed by atoms with van der Waals surface area (Å²) in [5, 5.41) is 3.77. The van der Waals surface area contributed by atoms with E-state index in [4.69, 9.17) is 4.74 Å². The van der Waals surface area contributed by atoms with E-state index in [0.29, 0.717) is 11.9 Å². The average molecular weight is 231 g/mol. The Hall–Kier alpha value is -0.220. The molecule has 1 aliphatic rings. The molecule has 0 aromatic heterocycles. The fourth-order valence-electron chi connectivity index (χ4n) is 2.16. The van der Waals surface area contributed by atoms with Crippen LogP contribution in [0, 0.1) is 0 Å². The van der Waals surface area contributed by atoms with Crippen molar-refractivity contribution in [3.05, 3.63) is 0 Å². The molecule has 0 heterocycles. The lowest BCUT2D eigenvalue weighted by atomic mass is 9.98. The topological polar surface area (TPSA) is 38.3 Å². The highest BCUT2D eigenvalue weighted by molar-refractivity contribution is 7.99. The van der Waals surface area contributed by atoms with Gasteiger partial charge in [0.1, 0.15) is 5.54 Å². The number of carbonyl (C=O) groups excluding carboxylic acids is 1. The molecule has 0 spiro atoms. The number of thioether (sulfide) groups is 1. The van der Waals surface area contributed by atoms with E-state index in [1.165, 1.54) is 0 Å². The van der Waals surface area contributed by atoms with Crippen LogP contribution in [-0.4, -0.2) is 36.2 Å². The molecule has 15 heavy (non-hydrogen) atoms. The van der Waals surface area contributed by atoms with E-state index in [0.717, 1.165) is 25.0 Å². The highest BCUT2D eigenvalue weighted by Crippen LogP contribution is 2.37. The summed E-state index contributed by atoms with van der Waals surface area (Å²) in [5.74, 6) is 1.04. The van der Waals surface area contributed by atoms with Crippen LogP contribution in [0.15, 0.2) is 0 Å². The Kier molecular flexibility index (Phi) is 4.93. The molecule has 0 aromatic rings. The van der Waals surface area contributed by atoms with E-state index >= 15 is 0 Å². The van der Waals surface area contributed by atoms with Gasteiger partial charge < -0.3 is 10.1 Å². The first kappa shape index (κ1) is 12.8. The van der Waals surface area contributed by atoms with Crippen LogP contribution in [0.4, 0.5) is 0 Å². The van der Waals surface area contributed by atoms with Crippen LogP contribution >= 0.6 is 11.8 Å². The van der Waals surface area contributed by atoms with Crippen LogP contribution in [-0.2, 0) is 9.53 Å². The molecule has 0 saturated heterocycles. The molecule has 2 unspecified atom stereocenters. The highest BCUT2D eigenvalue weighted by Gasteiger charge is 2.45. The van der Waals surface area contributed by atoms with E-state index in [2.05, 4.69) is 12.2 Å². The normalized spacial score (nSPS) is 30.5. The third-order valence-corrected chi connectivity index (χ3v) is 4.22. The molecular weight excluding hydrogens is 210 g/mol. The predicted octanol–water partition coefficient (Wildman–Crippen LogP) is 1.81. The van der Waals surface area contributed by atoms with Crippen molar-refractivity contribution in [2.24, 2.45) is 0 Å². The van der Waals surface area contributed by atoms with Gasteiger partial charge in [-0.15, -0.1) is 0 Å². The van der Waals surface area contributed by atoms with E-state index in [9.17, 15) is 4.79 Å². The van der Waals surface area contributed by atoms with Gasteiger partial charge in [0, 0.05) is 5.25 Å². The molecule has 0 aliphatic heterocycles. The number of carbonyl (C=O) groups is 1. The maximum atomic E-state index is 11.9. The zero-order valence-corrected chi connectivity index (χ0v) is 10.7. The van der Waals surface area contributed by atoms with Crippen molar-refractivity contribution >= 4 is 17.7 Å². The molecule has 0 amide bonds. The number of hydrogen-bond acceptors (Lipinski definition) is 4. The Bertz CT molecular complexity index is 223. The Morgan fingerprint density at radius 3 is 2.87 bits per heavy atom. The van der Waals surface area contributed by atoms with Crippen LogP contribution < -0.4 is 5.32 Å². The van der Waals surface area contributed by atoms with Gasteiger partial charge in [-0.3, -0.25) is 4.79 Å². The zero-order valence-electron chi connectivity index (χ0n) is 9.84. The Balaban J connectivity index is 2.59. The minimum atomic E-state index is -0.414. The smallest absolute Gasteiger partial charge is 0.326 e. The van der Waals surface area contributed by atoms with E-state index < -0.39 is 5.54 Å². The van der Waals surface area contributed by atoms with Crippen molar-refractivity contribution in [1.29, 1.82) is 0 Å². The van der Waals surface area contributed by atoms with Gasteiger partial charge in [-0.05, 0) is 39.0 Å². The molecule has 2 atom stereocenters. The maximum absolute atomic E-state index is 11.9. The van der Waals surface area contributed by atoms with Crippen molar-refractivity contribution in [3.63, 3.8) is 0 Å². The second kappa shape index (κ2) is 5.75. The number of esters is 1. The van der Waals surface area contributed by atoms with Crippen LogP contribution in [0.3, 0.4) is 0 Å². The third-order valence-electron chi connectivity index (χ3n) is 3.02. The highest BCUT2D eigenvalue weighted by atomic mass is 32.2. The van der Waals surface area contributed by atoms with Gasteiger partial charge in [0.05, 0.1) is 6.61 Å². The van der Waals surface area contributed by atoms with E-state index in [1.807, 2.05) is 25.7 Å². The summed E-state index contributed by atoms with van der Waals surface area (Å²) in [5.41, 5.74) is -0.414. The quantitative estimate of drug-likeness (QED) is 0.732. The lowest BCUT2D eigenvalue weighted by Crippen LogP contribution is -2.49. The Labute approximate surface area is 96.3 Å². The summed E-state index contributed by atoms with van der Waals surface area (Å²) in [4.78, 5) is 11.9. The SMILES string of the molecule is CCOC(=O)C1(NC)CCC(SCC)C1. The fraction of sp³-hybridized carbons (Fsp3) is 0.909. The number of rotatable bonds is 5. The zero-order chi connectivity index (χ0) is 11.3. The summed E-state index contributed by atoms with van der Waals surface area (Å²) < 4.78 is 5.14. The van der Waals surface area contributed by atoms with Crippen molar-refractivity contribution in [2.45, 2.75) is 43.9 Å². The standard InChI is InChI=1S/C11H21NO2S/c1-4-14-10(13)11(12-3)7-6-9(8-11)15-5-2/h9,12H,4-8H2,1-3H3. The summed E-state index contributed by atoms with van der Waals surface area (Å²) in [6, 6.07) is 0. The van der Waals surface area contributed by atoms with Gasteiger partial charge in [0.15, 0.2) is 0 Å². The molecule has 3 nitrogen and oxygen atoms in total. The van der Waals surface area contributed by atoms with Crippen LogP contribution in [0.5, 0.6) is 0 Å². The molecule has 1 saturated carbocycles. The van der Waals surface area contributed by atoms with Crippen LogP contribution in [0.2, 0.25) is 0 Å². The fourth-order valence-corrected chi connectivity index (χ4v) is 3.32. The van der Waals surface area contributed by atoms with Gasteiger partial charge in [0.2, 0.25) is 0 Å². The summed E-state index contributed by atoms with van der Waals surface area (Å²) in [6.45, 7) is 4.48. The maximum Gasteiger partial charge on any atom is 0.326 e. The van der Waals surface area contributed by atoms with Crippen molar-refractivity contribution < 1.29 is 9.53 Å². The van der Waals surface area contributed by atoms with Gasteiger partial charge in [-0.25, -0.2) is 0 Å². The van der Waals surface area contributed by atoms with Gasteiger partial charge in [0.25, 0.3) is 0 Å². The minimum Gasteiger partial charge on any atom is -0.465 e. The Morgan fingerprint density at radius 2 is 2.33 bits per heavy atom. The number of likely N-dealkylation sites (N-methyl/N-ethyl adjacent to an activating group) is 1.